The Morgan fingerprint density at radius 2 is 1.61 bits per heavy atom. The zero-order valence-corrected chi connectivity index (χ0v) is 10.5. The Labute approximate surface area is 107 Å². The third-order valence-electron chi connectivity index (χ3n) is 3.64. The molecule has 3 heterocycles. The van der Waals surface area contributed by atoms with Gasteiger partial charge in [0.05, 0.1) is 6.54 Å². The molecule has 0 radical (unpaired) electrons. The van der Waals surface area contributed by atoms with E-state index in [1.54, 1.807) is 6.33 Å². The minimum atomic E-state index is 0.308. The number of ketones is 1. The second-order valence-electron chi connectivity index (χ2n) is 4.99. The van der Waals surface area contributed by atoms with E-state index in [9.17, 15) is 4.79 Å². The van der Waals surface area contributed by atoms with Crippen molar-refractivity contribution in [3.63, 3.8) is 0 Å². The lowest BCUT2D eigenvalue weighted by molar-refractivity contribution is -0.118. The van der Waals surface area contributed by atoms with Crippen molar-refractivity contribution in [3.8, 4) is 0 Å². The molecule has 2 aliphatic heterocycles. The molecule has 3 rings (SSSR count). The van der Waals surface area contributed by atoms with Crippen LogP contribution in [-0.4, -0.2) is 41.9 Å². The monoisotopic (exact) mass is 246 g/mol. The van der Waals surface area contributed by atoms with Gasteiger partial charge in [-0.3, -0.25) is 4.79 Å². The van der Waals surface area contributed by atoms with Crippen LogP contribution in [-0.2, 0) is 4.79 Å². The third-order valence-corrected chi connectivity index (χ3v) is 3.64. The topological polar surface area (TPSA) is 49.3 Å². The molecule has 0 unspecified atom stereocenters. The molecule has 0 aliphatic carbocycles. The van der Waals surface area contributed by atoms with Crippen molar-refractivity contribution in [3.05, 3.63) is 12.4 Å². The molecule has 2 saturated heterocycles. The molecule has 18 heavy (non-hydrogen) atoms. The molecule has 0 N–H and O–H groups in total. The Bertz CT molecular complexity index is 442. The fraction of sp³-hybridized carbons (Fsp3) is 0.615. The maximum atomic E-state index is 11.5. The van der Waals surface area contributed by atoms with E-state index in [0.29, 0.717) is 18.7 Å². The third kappa shape index (κ3) is 2.30. The van der Waals surface area contributed by atoms with Crippen LogP contribution in [0.15, 0.2) is 12.4 Å². The number of hydrogen-bond donors (Lipinski definition) is 0. The number of aromatic nitrogens is 2. The second-order valence-corrected chi connectivity index (χ2v) is 4.99. The SMILES string of the molecule is O=C1CCCN(c2cc(N3CCCC3)ncn2)C1. The van der Waals surface area contributed by atoms with E-state index in [1.807, 2.05) is 6.07 Å². The van der Waals surface area contributed by atoms with Gasteiger partial charge in [-0.15, -0.1) is 0 Å². The molecule has 5 nitrogen and oxygen atoms in total. The Balaban J connectivity index is 1.79. The van der Waals surface area contributed by atoms with Crippen LogP contribution in [0.5, 0.6) is 0 Å². The summed E-state index contributed by atoms with van der Waals surface area (Å²) in [6.07, 6.45) is 5.73. The van der Waals surface area contributed by atoms with Crippen molar-refractivity contribution in [2.75, 3.05) is 36.0 Å². The Morgan fingerprint density at radius 1 is 0.944 bits per heavy atom. The van der Waals surface area contributed by atoms with Gasteiger partial charge in [0, 0.05) is 32.1 Å². The van der Waals surface area contributed by atoms with Gasteiger partial charge in [0.15, 0.2) is 5.78 Å². The lowest BCUT2D eigenvalue weighted by Crippen LogP contribution is -2.36. The first kappa shape index (κ1) is 11.4. The van der Waals surface area contributed by atoms with Gasteiger partial charge in [0.25, 0.3) is 0 Å². The molecule has 0 saturated carbocycles. The van der Waals surface area contributed by atoms with Gasteiger partial charge >= 0.3 is 0 Å². The fourth-order valence-electron chi connectivity index (χ4n) is 2.66. The van der Waals surface area contributed by atoms with E-state index >= 15 is 0 Å². The quantitative estimate of drug-likeness (QED) is 0.786. The summed E-state index contributed by atoms with van der Waals surface area (Å²) in [5.41, 5.74) is 0. The van der Waals surface area contributed by atoms with Crippen molar-refractivity contribution in [2.24, 2.45) is 0 Å². The summed E-state index contributed by atoms with van der Waals surface area (Å²) in [6.45, 7) is 3.57. The van der Waals surface area contributed by atoms with Gasteiger partial charge in [-0.2, -0.15) is 0 Å². The Kier molecular flexibility index (Phi) is 3.13. The van der Waals surface area contributed by atoms with Crippen molar-refractivity contribution in [2.45, 2.75) is 25.7 Å². The van der Waals surface area contributed by atoms with Crippen LogP contribution in [0.25, 0.3) is 0 Å². The van der Waals surface area contributed by atoms with Crippen LogP contribution in [0.4, 0.5) is 11.6 Å². The molecule has 2 aliphatic rings. The number of anilines is 2. The molecule has 5 heteroatoms. The maximum absolute atomic E-state index is 11.5. The highest BCUT2D eigenvalue weighted by molar-refractivity contribution is 5.84. The Hall–Kier alpha value is -1.65. The summed E-state index contributed by atoms with van der Waals surface area (Å²) >= 11 is 0. The highest BCUT2D eigenvalue weighted by atomic mass is 16.1. The number of carbonyl (C=O) groups is 1. The highest BCUT2D eigenvalue weighted by Gasteiger charge is 2.20. The second kappa shape index (κ2) is 4.92. The van der Waals surface area contributed by atoms with Gasteiger partial charge in [-0.05, 0) is 19.3 Å². The summed E-state index contributed by atoms with van der Waals surface area (Å²) in [6, 6.07) is 2.02. The molecule has 1 aromatic rings. The average molecular weight is 246 g/mol. The smallest absolute Gasteiger partial charge is 0.152 e. The van der Waals surface area contributed by atoms with Crippen molar-refractivity contribution >= 4 is 17.4 Å². The van der Waals surface area contributed by atoms with Gasteiger partial charge in [0.2, 0.25) is 0 Å². The van der Waals surface area contributed by atoms with Crippen LogP contribution >= 0.6 is 0 Å². The number of piperidine rings is 1. The zero-order valence-electron chi connectivity index (χ0n) is 10.5. The molecule has 96 valence electrons. The number of hydrogen-bond acceptors (Lipinski definition) is 5. The van der Waals surface area contributed by atoms with Crippen LogP contribution in [0.1, 0.15) is 25.7 Å². The summed E-state index contributed by atoms with van der Waals surface area (Å²) < 4.78 is 0. The molecule has 0 atom stereocenters. The summed E-state index contributed by atoms with van der Waals surface area (Å²) in [7, 11) is 0. The molecule has 0 bridgehead atoms. The molecule has 1 aromatic heterocycles. The lowest BCUT2D eigenvalue weighted by Gasteiger charge is -2.27. The van der Waals surface area contributed by atoms with E-state index in [-0.39, 0.29) is 0 Å². The van der Waals surface area contributed by atoms with E-state index in [4.69, 9.17) is 0 Å². The minimum absolute atomic E-state index is 0.308. The number of rotatable bonds is 2. The highest BCUT2D eigenvalue weighted by Crippen LogP contribution is 2.22. The normalized spacial score (nSPS) is 20.6. The van der Waals surface area contributed by atoms with Crippen molar-refractivity contribution in [1.82, 2.24) is 9.97 Å². The molecular formula is C13H18N4O. The number of Topliss-reactive ketones (excluding diaryl/α,β-unsaturated/α-hetero) is 1. The van der Waals surface area contributed by atoms with Gasteiger partial charge in [-0.25, -0.2) is 9.97 Å². The first-order valence-corrected chi connectivity index (χ1v) is 6.66. The fourth-order valence-corrected chi connectivity index (χ4v) is 2.66. The van der Waals surface area contributed by atoms with Crippen LogP contribution in [0, 0.1) is 0 Å². The van der Waals surface area contributed by atoms with E-state index in [0.717, 1.165) is 37.7 Å². The number of carbonyl (C=O) groups excluding carboxylic acids is 1. The molecular weight excluding hydrogens is 228 g/mol. The summed E-state index contributed by atoms with van der Waals surface area (Å²) in [5.74, 6) is 2.19. The predicted molar refractivity (Wildman–Crippen MR) is 69.9 cm³/mol. The summed E-state index contributed by atoms with van der Waals surface area (Å²) in [5, 5.41) is 0. The molecule has 2 fully saturated rings. The standard InChI is InChI=1S/C13H18N4O/c18-11-4-3-7-17(9-11)13-8-12(14-10-15-13)16-5-1-2-6-16/h8,10H,1-7,9H2. The lowest BCUT2D eigenvalue weighted by atomic mass is 10.1. The van der Waals surface area contributed by atoms with E-state index in [2.05, 4.69) is 19.8 Å². The first-order valence-electron chi connectivity index (χ1n) is 6.66. The van der Waals surface area contributed by atoms with E-state index in [1.165, 1.54) is 12.8 Å². The molecule has 0 amide bonds. The summed E-state index contributed by atoms with van der Waals surface area (Å²) in [4.78, 5) is 24.5. The minimum Gasteiger partial charge on any atom is -0.356 e. The zero-order chi connectivity index (χ0) is 12.4. The molecule has 0 aromatic carbocycles. The largest absolute Gasteiger partial charge is 0.356 e. The molecule has 0 spiro atoms. The van der Waals surface area contributed by atoms with Crippen molar-refractivity contribution < 1.29 is 4.79 Å². The van der Waals surface area contributed by atoms with Gasteiger partial charge in [0.1, 0.15) is 18.0 Å². The van der Waals surface area contributed by atoms with Crippen LogP contribution < -0.4 is 9.80 Å². The maximum Gasteiger partial charge on any atom is 0.152 e. The number of nitrogens with zero attached hydrogens (tertiary/aromatic N) is 4. The average Bonchev–Trinajstić information content (AvgIpc) is 2.93. The van der Waals surface area contributed by atoms with Crippen molar-refractivity contribution in [1.29, 1.82) is 0 Å². The van der Waals surface area contributed by atoms with E-state index < -0.39 is 0 Å². The van der Waals surface area contributed by atoms with Gasteiger partial charge in [-0.1, -0.05) is 0 Å². The Morgan fingerprint density at radius 3 is 2.33 bits per heavy atom. The first-order chi connectivity index (χ1) is 8.83. The van der Waals surface area contributed by atoms with Crippen LogP contribution in [0.3, 0.4) is 0 Å². The predicted octanol–water partition coefficient (Wildman–Crippen LogP) is 1.25. The van der Waals surface area contributed by atoms with Gasteiger partial charge < -0.3 is 9.80 Å². The van der Waals surface area contributed by atoms with Crippen LogP contribution in [0.2, 0.25) is 0 Å².